The number of aryl methyl sites for hydroxylation is 1. The Bertz CT molecular complexity index is 656. The molecule has 0 aliphatic carbocycles. The molecule has 2 rings (SSSR count). The summed E-state index contributed by atoms with van der Waals surface area (Å²) in [7, 11) is 0. The highest BCUT2D eigenvalue weighted by molar-refractivity contribution is 6.30. The van der Waals surface area contributed by atoms with Gasteiger partial charge in [0.15, 0.2) is 0 Å². The number of amides is 1. The standard InChI is InChI=1S/C15H15ClN2O2/c1-9-6-10(15(18)19)2-3-11(9)8-20-14-7-12(16)4-5-13(14)17/h2-7H,8,17H2,1H3,(H2,18,19). The molecule has 0 aliphatic rings. The van der Waals surface area contributed by atoms with E-state index in [1.54, 1.807) is 30.3 Å². The Hall–Kier alpha value is -2.20. The number of hydrogen-bond acceptors (Lipinski definition) is 3. The van der Waals surface area contributed by atoms with Gasteiger partial charge in [-0.3, -0.25) is 4.79 Å². The van der Waals surface area contributed by atoms with E-state index in [1.807, 2.05) is 13.0 Å². The van der Waals surface area contributed by atoms with Crippen LogP contribution in [0, 0.1) is 6.92 Å². The number of primary amides is 1. The minimum atomic E-state index is -0.445. The van der Waals surface area contributed by atoms with Crippen LogP contribution < -0.4 is 16.2 Å². The van der Waals surface area contributed by atoms with E-state index in [4.69, 9.17) is 27.8 Å². The first-order valence-electron chi connectivity index (χ1n) is 6.04. The topological polar surface area (TPSA) is 78.3 Å². The molecule has 0 saturated carbocycles. The number of carbonyl (C=O) groups is 1. The zero-order chi connectivity index (χ0) is 14.7. The number of rotatable bonds is 4. The molecule has 0 fully saturated rings. The molecule has 0 heterocycles. The first-order chi connectivity index (χ1) is 9.47. The molecule has 4 nitrogen and oxygen atoms in total. The summed E-state index contributed by atoms with van der Waals surface area (Å²) in [6, 6.07) is 10.3. The van der Waals surface area contributed by atoms with Crippen molar-refractivity contribution in [3.63, 3.8) is 0 Å². The third-order valence-electron chi connectivity index (χ3n) is 2.99. The van der Waals surface area contributed by atoms with Crippen molar-refractivity contribution in [2.24, 2.45) is 5.73 Å². The maximum atomic E-state index is 11.1. The van der Waals surface area contributed by atoms with E-state index < -0.39 is 5.91 Å². The number of benzene rings is 2. The Kier molecular flexibility index (Phi) is 4.15. The molecule has 0 atom stereocenters. The molecule has 0 unspecified atom stereocenters. The molecule has 4 N–H and O–H groups in total. The second-order valence-corrected chi connectivity index (χ2v) is 4.91. The van der Waals surface area contributed by atoms with Crippen molar-refractivity contribution in [3.05, 3.63) is 58.1 Å². The van der Waals surface area contributed by atoms with Crippen LogP contribution in [0.1, 0.15) is 21.5 Å². The van der Waals surface area contributed by atoms with Gasteiger partial charge in [0.2, 0.25) is 5.91 Å². The van der Waals surface area contributed by atoms with E-state index in [0.29, 0.717) is 28.6 Å². The minimum Gasteiger partial charge on any atom is -0.487 e. The third-order valence-corrected chi connectivity index (χ3v) is 3.22. The summed E-state index contributed by atoms with van der Waals surface area (Å²) in [6.07, 6.45) is 0. The van der Waals surface area contributed by atoms with Crippen LogP contribution in [0.4, 0.5) is 5.69 Å². The number of carbonyl (C=O) groups excluding carboxylic acids is 1. The van der Waals surface area contributed by atoms with Crippen LogP contribution >= 0.6 is 11.6 Å². The van der Waals surface area contributed by atoms with Crippen molar-refractivity contribution >= 4 is 23.2 Å². The fraction of sp³-hybridized carbons (Fsp3) is 0.133. The lowest BCUT2D eigenvalue weighted by atomic mass is 10.1. The maximum absolute atomic E-state index is 11.1. The first-order valence-corrected chi connectivity index (χ1v) is 6.42. The van der Waals surface area contributed by atoms with Crippen LogP contribution in [0.5, 0.6) is 5.75 Å². The zero-order valence-electron chi connectivity index (χ0n) is 11.0. The lowest BCUT2D eigenvalue weighted by Crippen LogP contribution is -2.11. The van der Waals surface area contributed by atoms with Gasteiger partial charge in [0.25, 0.3) is 0 Å². The van der Waals surface area contributed by atoms with E-state index in [9.17, 15) is 4.79 Å². The van der Waals surface area contributed by atoms with Crippen molar-refractivity contribution in [2.45, 2.75) is 13.5 Å². The number of ether oxygens (including phenoxy) is 1. The maximum Gasteiger partial charge on any atom is 0.248 e. The Morgan fingerprint density at radius 3 is 2.65 bits per heavy atom. The van der Waals surface area contributed by atoms with Crippen molar-refractivity contribution in [3.8, 4) is 5.75 Å². The molecule has 2 aromatic rings. The molecular weight excluding hydrogens is 276 g/mol. The summed E-state index contributed by atoms with van der Waals surface area (Å²) in [5.74, 6) is 0.0931. The Morgan fingerprint density at radius 2 is 2.00 bits per heavy atom. The van der Waals surface area contributed by atoms with Gasteiger partial charge in [-0.15, -0.1) is 0 Å². The average molecular weight is 291 g/mol. The molecule has 0 spiro atoms. The molecule has 0 saturated heterocycles. The second-order valence-electron chi connectivity index (χ2n) is 4.48. The summed E-state index contributed by atoms with van der Waals surface area (Å²) in [4.78, 5) is 11.1. The molecular formula is C15H15ClN2O2. The quantitative estimate of drug-likeness (QED) is 0.850. The Balaban J connectivity index is 2.15. The van der Waals surface area contributed by atoms with Gasteiger partial charge in [-0.05, 0) is 42.3 Å². The van der Waals surface area contributed by atoms with Gasteiger partial charge < -0.3 is 16.2 Å². The summed E-state index contributed by atoms with van der Waals surface area (Å²) < 4.78 is 5.66. The SMILES string of the molecule is Cc1cc(C(N)=O)ccc1COc1cc(Cl)ccc1N. The molecule has 0 bridgehead atoms. The van der Waals surface area contributed by atoms with Gasteiger partial charge in [-0.2, -0.15) is 0 Å². The highest BCUT2D eigenvalue weighted by Gasteiger charge is 2.06. The van der Waals surface area contributed by atoms with Crippen LogP contribution in [-0.4, -0.2) is 5.91 Å². The Labute approximate surface area is 122 Å². The van der Waals surface area contributed by atoms with Crippen molar-refractivity contribution in [1.82, 2.24) is 0 Å². The van der Waals surface area contributed by atoms with Crippen LogP contribution in [0.3, 0.4) is 0 Å². The first kappa shape index (κ1) is 14.2. The van der Waals surface area contributed by atoms with Crippen molar-refractivity contribution in [2.75, 3.05) is 5.73 Å². The third kappa shape index (κ3) is 3.22. The predicted molar refractivity (Wildman–Crippen MR) is 79.9 cm³/mol. The molecule has 104 valence electrons. The fourth-order valence-corrected chi connectivity index (χ4v) is 1.96. The summed E-state index contributed by atoms with van der Waals surface area (Å²) in [5, 5.41) is 0.565. The number of halogens is 1. The molecule has 20 heavy (non-hydrogen) atoms. The number of nitrogen functional groups attached to an aromatic ring is 1. The lowest BCUT2D eigenvalue weighted by molar-refractivity contribution is 0.1000. The molecule has 0 radical (unpaired) electrons. The Morgan fingerprint density at radius 1 is 1.25 bits per heavy atom. The van der Waals surface area contributed by atoms with Gasteiger partial charge in [0.05, 0.1) is 5.69 Å². The smallest absolute Gasteiger partial charge is 0.248 e. The van der Waals surface area contributed by atoms with Crippen molar-refractivity contribution in [1.29, 1.82) is 0 Å². The average Bonchev–Trinajstić information content (AvgIpc) is 2.40. The normalized spacial score (nSPS) is 10.3. The van der Waals surface area contributed by atoms with E-state index in [1.165, 1.54) is 0 Å². The second kappa shape index (κ2) is 5.84. The number of hydrogen-bond donors (Lipinski definition) is 2. The van der Waals surface area contributed by atoms with Gasteiger partial charge in [-0.25, -0.2) is 0 Å². The van der Waals surface area contributed by atoms with E-state index in [2.05, 4.69) is 0 Å². The monoisotopic (exact) mass is 290 g/mol. The zero-order valence-corrected chi connectivity index (χ0v) is 11.8. The number of anilines is 1. The highest BCUT2D eigenvalue weighted by atomic mass is 35.5. The van der Waals surface area contributed by atoms with Gasteiger partial charge >= 0.3 is 0 Å². The summed E-state index contributed by atoms with van der Waals surface area (Å²) in [6.45, 7) is 2.24. The van der Waals surface area contributed by atoms with Gasteiger partial charge in [-0.1, -0.05) is 17.7 Å². The van der Waals surface area contributed by atoms with Crippen LogP contribution in [0.25, 0.3) is 0 Å². The molecule has 0 aromatic heterocycles. The van der Waals surface area contributed by atoms with Crippen LogP contribution in [0.15, 0.2) is 36.4 Å². The van der Waals surface area contributed by atoms with Crippen LogP contribution in [0.2, 0.25) is 5.02 Å². The largest absolute Gasteiger partial charge is 0.487 e. The van der Waals surface area contributed by atoms with E-state index in [-0.39, 0.29) is 0 Å². The lowest BCUT2D eigenvalue weighted by Gasteiger charge is -2.11. The molecule has 5 heteroatoms. The minimum absolute atomic E-state index is 0.343. The van der Waals surface area contributed by atoms with Crippen molar-refractivity contribution < 1.29 is 9.53 Å². The molecule has 2 aromatic carbocycles. The highest BCUT2D eigenvalue weighted by Crippen LogP contribution is 2.26. The number of nitrogens with two attached hydrogens (primary N) is 2. The van der Waals surface area contributed by atoms with Crippen LogP contribution in [-0.2, 0) is 6.61 Å². The summed E-state index contributed by atoms with van der Waals surface area (Å²) in [5.41, 5.74) is 13.9. The predicted octanol–water partition coefficient (Wildman–Crippen LogP) is 2.91. The van der Waals surface area contributed by atoms with E-state index >= 15 is 0 Å². The van der Waals surface area contributed by atoms with Gasteiger partial charge in [0, 0.05) is 16.7 Å². The van der Waals surface area contributed by atoms with Gasteiger partial charge in [0.1, 0.15) is 12.4 Å². The fourth-order valence-electron chi connectivity index (χ4n) is 1.80. The molecule has 0 aliphatic heterocycles. The summed E-state index contributed by atoms with van der Waals surface area (Å²) >= 11 is 5.90. The molecule has 1 amide bonds. The van der Waals surface area contributed by atoms with E-state index in [0.717, 1.165) is 11.1 Å².